The highest BCUT2D eigenvalue weighted by atomic mass is 32.2. The van der Waals surface area contributed by atoms with Crippen LogP contribution in [0.3, 0.4) is 0 Å². The van der Waals surface area contributed by atoms with Crippen LogP contribution >= 0.6 is 0 Å². The van der Waals surface area contributed by atoms with Crippen LogP contribution in [0.25, 0.3) is 10.9 Å². The predicted octanol–water partition coefficient (Wildman–Crippen LogP) is 2.49. The second kappa shape index (κ2) is 7.29. The molecule has 0 bridgehead atoms. The third-order valence-corrected chi connectivity index (χ3v) is 7.40. The Balaban J connectivity index is 1.51. The molecule has 0 amide bonds. The van der Waals surface area contributed by atoms with E-state index >= 15 is 0 Å². The first kappa shape index (κ1) is 20.4. The summed E-state index contributed by atoms with van der Waals surface area (Å²) in [5.74, 6) is -0.770. The van der Waals surface area contributed by atoms with E-state index in [1.54, 1.807) is 13.1 Å². The molecule has 2 fully saturated rings. The lowest BCUT2D eigenvalue weighted by molar-refractivity contribution is 0.441. The molecule has 1 saturated heterocycles. The molecule has 2 unspecified atom stereocenters. The third-order valence-electron chi connectivity index (χ3n) is 5.85. The van der Waals surface area contributed by atoms with Crippen molar-refractivity contribution in [3.05, 3.63) is 58.4 Å². The van der Waals surface area contributed by atoms with Crippen LogP contribution in [-0.4, -0.2) is 34.9 Å². The highest BCUT2D eigenvalue weighted by Gasteiger charge is 2.51. The van der Waals surface area contributed by atoms with Crippen molar-refractivity contribution in [2.24, 2.45) is 13.0 Å². The summed E-state index contributed by atoms with van der Waals surface area (Å²) >= 11 is 0. The van der Waals surface area contributed by atoms with Crippen molar-refractivity contribution in [1.29, 1.82) is 5.26 Å². The summed E-state index contributed by atoms with van der Waals surface area (Å²) < 4.78 is 50.9. The lowest BCUT2D eigenvalue weighted by Crippen LogP contribution is -2.36. The van der Waals surface area contributed by atoms with Gasteiger partial charge in [0.2, 0.25) is 0 Å². The van der Waals surface area contributed by atoms with Gasteiger partial charge in [0.25, 0.3) is 5.56 Å². The van der Waals surface area contributed by atoms with Crippen LogP contribution in [0.2, 0.25) is 0 Å². The highest BCUT2D eigenvalue weighted by Crippen LogP contribution is 2.46. The average molecular weight is 455 g/mol. The number of benzene rings is 2. The van der Waals surface area contributed by atoms with Crippen molar-refractivity contribution < 1.29 is 17.5 Å². The number of fused-ring (bicyclic) bond motifs is 2. The van der Waals surface area contributed by atoms with Crippen LogP contribution in [-0.2, 0) is 17.3 Å². The molecule has 11 heteroatoms. The predicted molar refractivity (Wildman–Crippen MR) is 114 cm³/mol. The van der Waals surface area contributed by atoms with Gasteiger partial charge in [0.15, 0.2) is 11.6 Å². The van der Waals surface area contributed by atoms with Crippen molar-refractivity contribution in [3.63, 3.8) is 0 Å². The number of aryl methyl sites for hydroxylation is 1. The van der Waals surface area contributed by atoms with Gasteiger partial charge in [-0.15, -0.1) is 0 Å². The minimum Gasteiger partial charge on any atom is -0.453 e. The van der Waals surface area contributed by atoms with E-state index in [1.807, 2.05) is 6.07 Å². The monoisotopic (exact) mass is 455 g/mol. The highest BCUT2D eigenvalue weighted by molar-refractivity contribution is 7.90. The van der Waals surface area contributed by atoms with E-state index in [4.69, 9.17) is 4.74 Å². The molecule has 1 aromatic heterocycles. The van der Waals surface area contributed by atoms with Crippen molar-refractivity contribution in [2.75, 3.05) is 11.3 Å². The number of anilines is 1. The summed E-state index contributed by atoms with van der Waals surface area (Å²) in [5, 5.41) is 9.93. The Morgan fingerprint density at radius 3 is 2.81 bits per heavy atom. The number of ether oxygens (including phenoxy) is 1. The molecule has 1 aliphatic heterocycles. The van der Waals surface area contributed by atoms with Gasteiger partial charge in [0, 0.05) is 19.6 Å². The van der Waals surface area contributed by atoms with Crippen LogP contribution in [0.15, 0.2) is 41.5 Å². The van der Waals surface area contributed by atoms with E-state index in [0.29, 0.717) is 18.0 Å². The van der Waals surface area contributed by atoms with E-state index in [9.17, 15) is 22.9 Å². The van der Waals surface area contributed by atoms with Crippen LogP contribution in [0.4, 0.5) is 10.1 Å². The number of hydrogen-bond acceptors (Lipinski definition) is 6. The van der Waals surface area contributed by atoms with Crippen LogP contribution in [0, 0.1) is 23.1 Å². The second-order valence-electron chi connectivity index (χ2n) is 7.92. The summed E-state index contributed by atoms with van der Waals surface area (Å²) in [6.45, 7) is 0.414. The molecule has 1 aliphatic carbocycles. The Hall–Kier alpha value is -3.49. The van der Waals surface area contributed by atoms with E-state index in [-0.39, 0.29) is 34.0 Å². The molecule has 1 saturated carbocycles. The van der Waals surface area contributed by atoms with Crippen LogP contribution in [0.1, 0.15) is 18.4 Å². The minimum absolute atomic E-state index is 0.0111. The van der Waals surface area contributed by atoms with Crippen LogP contribution < -0.4 is 15.0 Å². The Kier molecular flexibility index (Phi) is 4.65. The number of nitrogens with zero attached hydrogens (tertiary/aromatic N) is 4. The summed E-state index contributed by atoms with van der Waals surface area (Å²) in [5.41, 5.74) is -0.246. The molecule has 0 radical (unpaired) electrons. The lowest BCUT2D eigenvalue weighted by Gasteiger charge is -2.20. The van der Waals surface area contributed by atoms with Gasteiger partial charge in [-0.25, -0.2) is 9.37 Å². The van der Waals surface area contributed by atoms with Crippen molar-refractivity contribution in [1.82, 2.24) is 13.9 Å². The summed E-state index contributed by atoms with van der Waals surface area (Å²) in [4.78, 5) is 16.5. The van der Waals surface area contributed by atoms with Crippen molar-refractivity contribution in [2.45, 2.75) is 18.9 Å². The molecule has 164 valence electrons. The topological polar surface area (TPSA) is 117 Å². The largest absolute Gasteiger partial charge is 0.453 e. The van der Waals surface area contributed by atoms with Crippen molar-refractivity contribution >= 4 is 26.8 Å². The fourth-order valence-electron chi connectivity index (χ4n) is 4.07. The number of aromatic nitrogens is 2. The lowest BCUT2D eigenvalue weighted by atomic mass is 10.1. The van der Waals surface area contributed by atoms with Gasteiger partial charge in [-0.05, 0) is 49.1 Å². The summed E-state index contributed by atoms with van der Waals surface area (Å²) in [6, 6.07) is 8.47. The van der Waals surface area contributed by atoms with Gasteiger partial charge in [-0.3, -0.25) is 9.52 Å². The molecule has 3 aromatic rings. The normalized spacial score (nSPS) is 20.0. The van der Waals surface area contributed by atoms with Gasteiger partial charge in [-0.1, -0.05) is 0 Å². The number of piperidine rings is 1. The van der Waals surface area contributed by atoms with E-state index in [2.05, 4.69) is 9.71 Å². The van der Waals surface area contributed by atoms with Gasteiger partial charge >= 0.3 is 10.2 Å². The average Bonchev–Trinajstić information content (AvgIpc) is 3.41. The summed E-state index contributed by atoms with van der Waals surface area (Å²) in [6.07, 6.45) is 3.03. The van der Waals surface area contributed by atoms with Gasteiger partial charge in [0.05, 0.1) is 22.9 Å². The van der Waals surface area contributed by atoms with E-state index in [0.717, 1.165) is 18.9 Å². The molecular weight excluding hydrogens is 437 g/mol. The molecule has 2 heterocycles. The van der Waals surface area contributed by atoms with E-state index < -0.39 is 21.8 Å². The number of hydrogen-bond donors (Lipinski definition) is 1. The molecule has 2 atom stereocenters. The molecule has 5 rings (SSSR count). The first-order chi connectivity index (χ1) is 15.3. The molecule has 0 spiro atoms. The number of nitriles is 1. The fourth-order valence-corrected chi connectivity index (χ4v) is 5.60. The molecule has 32 heavy (non-hydrogen) atoms. The zero-order valence-corrected chi connectivity index (χ0v) is 17.8. The molecule has 9 nitrogen and oxygen atoms in total. The molecule has 2 aliphatic rings. The van der Waals surface area contributed by atoms with Crippen molar-refractivity contribution in [3.8, 4) is 17.6 Å². The maximum Gasteiger partial charge on any atom is 0.301 e. The quantitative estimate of drug-likeness (QED) is 0.632. The summed E-state index contributed by atoms with van der Waals surface area (Å²) in [7, 11) is -2.34. The number of rotatable bonds is 5. The van der Waals surface area contributed by atoms with Crippen LogP contribution in [0.5, 0.6) is 11.5 Å². The van der Waals surface area contributed by atoms with Gasteiger partial charge in [-0.2, -0.15) is 18.0 Å². The SMILES string of the molecule is Cn1cnc2ccc(Oc3c(F)ccc(NS(=O)(=O)N4CCC5CC54)c3C#N)cc2c1=O. The standard InChI is InChI=1S/C21H18FN5O4S/c1-26-11-24-17-4-2-13(9-14(17)21(26)28)31-20-15(10-23)18(5-3-16(20)22)25-32(29,30)27-7-6-12-8-19(12)27/h2-5,9,11-12,19,25H,6-8H2,1H3. The van der Waals surface area contributed by atoms with Gasteiger partial charge < -0.3 is 9.30 Å². The third kappa shape index (κ3) is 3.37. The molecule has 2 aromatic carbocycles. The zero-order valence-electron chi connectivity index (χ0n) is 16.9. The zero-order chi connectivity index (χ0) is 22.6. The number of halogens is 1. The Morgan fingerprint density at radius 2 is 2.12 bits per heavy atom. The molecular formula is C21H18FN5O4S. The minimum atomic E-state index is -3.89. The maximum atomic E-state index is 14.6. The molecule has 1 N–H and O–H groups in total. The van der Waals surface area contributed by atoms with Gasteiger partial charge in [0.1, 0.15) is 17.4 Å². The first-order valence-electron chi connectivity index (χ1n) is 9.94. The smallest absolute Gasteiger partial charge is 0.301 e. The first-order valence-corrected chi connectivity index (χ1v) is 11.4. The number of nitrogens with one attached hydrogen (secondary N) is 1. The Labute approximate surface area is 182 Å². The second-order valence-corrected chi connectivity index (χ2v) is 9.55. The van der Waals surface area contributed by atoms with E-state index in [1.165, 1.54) is 33.4 Å². The Bertz CT molecular complexity index is 1460. The Morgan fingerprint density at radius 1 is 1.31 bits per heavy atom. The maximum absolute atomic E-state index is 14.6. The fraction of sp³-hybridized carbons (Fsp3) is 0.286.